The molecule has 0 saturated heterocycles. The van der Waals surface area contributed by atoms with Crippen LogP contribution in [-0.2, 0) is 9.53 Å². The van der Waals surface area contributed by atoms with Gasteiger partial charge in [0.1, 0.15) is 0 Å². The quantitative estimate of drug-likeness (QED) is 0.251. The summed E-state index contributed by atoms with van der Waals surface area (Å²) in [5.41, 5.74) is 4.43. The predicted molar refractivity (Wildman–Crippen MR) is 131 cm³/mol. The van der Waals surface area contributed by atoms with Crippen molar-refractivity contribution in [2.75, 3.05) is 0 Å². The fraction of sp³-hybridized carbons (Fsp3) is 0.276. The summed E-state index contributed by atoms with van der Waals surface area (Å²) in [6, 6.07) is 20.6. The zero-order valence-electron chi connectivity index (χ0n) is 19.6. The Hall–Kier alpha value is -3.53. The highest BCUT2D eigenvalue weighted by Gasteiger charge is 2.38. The van der Waals surface area contributed by atoms with Gasteiger partial charge in [0, 0.05) is 17.9 Å². The summed E-state index contributed by atoms with van der Waals surface area (Å²) >= 11 is 0. The van der Waals surface area contributed by atoms with Crippen LogP contribution in [0.25, 0.3) is 21.5 Å². The summed E-state index contributed by atoms with van der Waals surface area (Å²) in [6.45, 7) is 9.93. The molecule has 0 spiro atoms. The van der Waals surface area contributed by atoms with Crippen molar-refractivity contribution in [1.82, 2.24) is 0 Å². The van der Waals surface area contributed by atoms with Gasteiger partial charge in [-0.25, -0.2) is 0 Å². The number of esters is 1. The molecule has 0 saturated carbocycles. The van der Waals surface area contributed by atoms with Gasteiger partial charge in [-0.05, 0) is 58.7 Å². The Labute approximate surface area is 194 Å². The van der Waals surface area contributed by atoms with E-state index >= 15 is 0 Å². The molecule has 0 unspecified atom stereocenters. The van der Waals surface area contributed by atoms with Gasteiger partial charge in [-0.1, -0.05) is 68.4 Å². The van der Waals surface area contributed by atoms with Crippen molar-refractivity contribution in [3.8, 4) is 11.5 Å². The molecule has 0 amide bonds. The lowest BCUT2D eigenvalue weighted by Crippen LogP contribution is -2.37. The van der Waals surface area contributed by atoms with Crippen molar-refractivity contribution in [3.63, 3.8) is 0 Å². The first-order valence-corrected chi connectivity index (χ1v) is 11.4. The normalized spacial score (nSPS) is 17.5. The standard InChI is InChI=1S/C29H28O4/c1-16(2)24-15-21-12-14-22-18(4)17(3)11-13-23(22)25(21)28-27(24)33-29(31-19(5)30)26(32-28)20-9-7-6-8-10-20/h6-16,26,29H,1-5H3/t26-,29-/m1/s1. The van der Waals surface area contributed by atoms with E-state index in [4.69, 9.17) is 14.2 Å². The van der Waals surface area contributed by atoms with Crippen LogP contribution in [0.2, 0.25) is 0 Å². The fourth-order valence-corrected chi connectivity index (χ4v) is 4.67. The minimum absolute atomic E-state index is 0.202. The average Bonchev–Trinajstić information content (AvgIpc) is 2.80. The summed E-state index contributed by atoms with van der Waals surface area (Å²) in [5, 5.41) is 4.46. The van der Waals surface area contributed by atoms with Crippen molar-refractivity contribution in [1.29, 1.82) is 0 Å². The molecule has 4 aromatic carbocycles. The first-order valence-electron chi connectivity index (χ1n) is 11.4. The number of fused-ring (bicyclic) bond motifs is 5. The molecule has 33 heavy (non-hydrogen) atoms. The van der Waals surface area contributed by atoms with Crippen LogP contribution in [0.15, 0.2) is 60.7 Å². The Bertz CT molecular complexity index is 1370. The van der Waals surface area contributed by atoms with E-state index in [1.54, 1.807) is 0 Å². The highest BCUT2D eigenvalue weighted by Crippen LogP contribution is 2.50. The summed E-state index contributed by atoms with van der Waals surface area (Å²) in [4.78, 5) is 11.9. The summed E-state index contributed by atoms with van der Waals surface area (Å²) in [5.74, 6) is 1.16. The molecule has 0 aromatic heterocycles. The largest absolute Gasteiger partial charge is 0.473 e. The maximum atomic E-state index is 11.9. The van der Waals surface area contributed by atoms with Gasteiger partial charge in [0.25, 0.3) is 6.29 Å². The second kappa shape index (κ2) is 8.11. The van der Waals surface area contributed by atoms with E-state index in [0.29, 0.717) is 11.5 Å². The molecule has 1 aliphatic heterocycles. The molecule has 168 valence electrons. The smallest absolute Gasteiger partial charge is 0.305 e. The van der Waals surface area contributed by atoms with Gasteiger partial charge in [-0.15, -0.1) is 0 Å². The van der Waals surface area contributed by atoms with Crippen molar-refractivity contribution >= 4 is 27.5 Å². The van der Waals surface area contributed by atoms with Crippen LogP contribution in [0, 0.1) is 13.8 Å². The highest BCUT2D eigenvalue weighted by molar-refractivity contribution is 6.13. The number of aryl methyl sites for hydroxylation is 2. The van der Waals surface area contributed by atoms with E-state index in [1.807, 2.05) is 30.3 Å². The third kappa shape index (κ3) is 3.60. The van der Waals surface area contributed by atoms with E-state index in [2.05, 4.69) is 58.0 Å². The number of hydrogen-bond donors (Lipinski definition) is 0. The fourth-order valence-electron chi connectivity index (χ4n) is 4.67. The number of rotatable bonds is 3. The first kappa shape index (κ1) is 21.3. The molecule has 4 nitrogen and oxygen atoms in total. The number of hydrogen-bond acceptors (Lipinski definition) is 4. The lowest BCUT2D eigenvalue weighted by atomic mass is 9.91. The SMILES string of the molecule is CC(=O)O[C@@H]1Oc2c(C(C)C)cc3ccc4c(C)c(C)ccc4c3c2O[C@@H]1c1ccccc1. The Balaban J connectivity index is 1.82. The molecule has 1 heterocycles. The molecular formula is C29H28O4. The number of carbonyl (C=O) groups is 1. The topological polar surface area (TPSA) is 44.8 Å². The Morgan fingerprint density at radius 1 is 0.909 bits per heavy atom. The van der Waals surface area contributed by atoms with E-state index in [1.165, 1.54) is 23.4 Å². The van der Waals surface area contributed by atoms with E-state index in [-0.39, 0.29) is 5.92 Å². The predicted octanol–water partition coefficient (Wildman–Crippen LogP) is 7.13. The van der Waals surface area contributed by atoms with E-state index in [0.717, 1.165) is 27.3 Å². The second-order valence-electron chi connectivity index (χ2n) is 9.09. The lowest BCUT2D eigenvalue weighted by Gasteiger charge is -2.35. The van der Waals surface area contributed by atoms with Crippen LogP contribution in [0.3, 0.4) is 0 Å². The van der Waals surface area contributed by atoms with Crippen LogP contribution in [-0.4, -0.2) is 12.3 Å². The van der Waals surface area contributed by atoms with Gasteiger partial charge < -0.3 is 14.2 Å². The minimum Gasteiger partial charge on any atom is -0.473 e. The highest BCUT2D eigenvalue weighted by atomic mass is 16.7. The van der Waals surface area contributed by atoms with Crippen molar-refractivity contribution in [2.45, 2.75) is 52.9 Å². The van der Waals surface area contributed by atoms with Gasteiger partial charge in [0.05, 0.1) is 0 Å². The molecule has 4 aromatic rings. The zero-order valence-corrected chi connectivity index (χ0v) is 19.6. The summed E-state index contributed by atoms with van der Waals surface area (Å²) in [6.07, 6.45) is -1.44. The maximum absolute atomic E-state index is 11.9. The van der Waals surface area contributed by atoms with Gasteiger partial charge in [0.15, 0.2) is 17.6 Å². The number of ether oxygens (including phenoxy) is 3. The molecule has 1 aliphatic rings. The molecule has 0 N–H and O–H groups in total. The van der Waals surface area contributed by atoms with Crippen LogP contribution in [0.1, 0.15) is 55.0 Å². The lowest BCUT2D eigenvalue weighted by molar-refractivity contribution is -0.181. The Morgan fingerprint density at radius 3 is 2.33 bits per heavy atom. The third-order valence-electron chi connectivity index (χ3n) is 6.54. The molecule has 0 radical (unpaired) electrons. The van der Waals surface area contributed by atoms with E-state index < -0.39 is 18.4 Å². The monoisotopic (exact) mass is 440 g/mol. The Kier molecular flexibility index (Phi) is 5.24. The van der Waals surface area contributed by atoms with Crippen molar-refractivity contribution < 1.29 is 19.0 Å². The molecule has 5 rings (SSSR count). The molecular weight excluding hydrogens is 412 g/mol. The molecule has 2 atom stereocenters. The molecule has 0 fully saturated rings. The second-order valence-corrected chi connectivity index (χ2v) is 9.09. The molecule has 0 aliphatic carbocycles. The Morgan fingerprint density at radius 2 is 1.64 bits per heavy atom. The molecule has 0 bridgehead atoms. The van der Waals surface area contributed by atoms with Crippen molar-refractivity contribution in [3.05, 3.63) is 82.9 Å². The first-order chi connectivity index (χ1) is 15.8. The zero-order chi connectivity index (χ0) is 23.3. The minimum atomic E-state index is -0.869. The molecule has 4 heteroatoms. The van der Waals surface area contributed by atoms with E-state index in [9.17, 15) is 4.79 Å². The van der Waals surface area contributed by atoms with Crippen LogP contribution in [0.5, 0.6) is 11.5 Å². The summed E-state index contributed by atoms with van der Waals surface area (Å²) < 4.78 is 18.8. The van der Waals surface area contributed by atoms with Gasteiger partial charge in [-0.3, -0.25) is 4.79 Å². The van der Waals surface area contributed by atoms with Crippen molar-refractivity contribution in [2.24, 2.45) is 0 Å². The van der Waals surface area contributed by atoms with Crippen LogP contribution < -0.4 is 9.47 Å². The maximum Gasteiger partial charge on any atom is 0.305 e. The summed E-state index contributed by atoms with van der Waals surface area (Å²) in [7, 11) is 0. The number of benzene rings is 4. The number of carbonyl (C=O) groups excluding carboxylic acids is 1. The van der Waals surface area contributed by atoms with Gasteiger partial charge >= 0.3 is 5.97 Å². The van der Waals surface area contributed by atoms with Crippen LogP contribution in [0.4, 0.5) is 0 Å². The average molecular weight is 441 g/mol. The van der Waals surface area contributed by atoms with Crippen LogP contribution >= 0.6 is 0 Å². The van der Waals surface area contributed by atoms with Gasteiger partial charge in [0.2, 0.25) is 0 Å². The van der Waals surface area contributed by atoms with Gasteiger partial charge in [-0.2, -0.15) is 0 Å². The third-order valence-corrected chi connectivity index (χ3v) is 6.54.